The van der Waals surface area contributed by atoms with E-state index < -0.39 is 0 Å². The van der Waals surface area contributed by atoms with E-state index >= 15 is 0 Å². The van der Waals surface area contributed by atoms with Crippen molar-refractivity contribution in [1.29, 1.82) is 0 Å². The van der Waals surface area contributed by atoms with Crippen molar-refractivity contribution in [2.45, 2.75) is 18.9 Å². The van der Waals surface area contributed by atoms with E-state index in [-0.39, 0.29) is 18.5 Å². The standard InChI is InChI=1S/C14H20ClFN2O/c15-13-4-3-11(16)10-12(13)14(2-1-9-19)18-7-5-17-6-8-18/h3-4,10,14,17,19H,1-2,5-9H2/t14-/m0/s1. The van der Waals surface area contributed by atoms with Gasteiger partial charge in [0.1, 0.15) is 5.82 Å². The van der Waals surface area contributed by atoms with Crippen molar-refractivity contribution in [1.82, 2.24) is 10.2 Å². The summed E-state index contributed by atoms with van der Waals surface area (Å²) < 4.78 is 13.5. The zero-order valence-electron chi connectivity index (χ0n) is 10.9. The van der Waals surface area contributed by atoms with Gasteiger partial charge in [0.15, 0.2) is 0 Å². The zero-order chi connectivity index (χ0) is 13.7. The molecule has 3 nitrogen and oxygen atoms in total. The first-order valence-electron chi connectivity index (χ1n) is 6.73. The molecule has 0 amide bonds. The van der Waals surface area contributed by atoms with Crippen LogP contribution in [-0.2, 0) is 0 Å². The summed E-state index contributed by atoms with van der Waals surface area (Å²) >= 11 is 6.22. The molecule has 2 N–H and O–H groups in total. The van der Waals surface area contributed by atoms with Gasteiger partial charge in [-0.3, -0.25) is 4.90 Å². The molecule has 1 aliphatic heterocycles. The van der Waals surface area contributed by atoms with Crippen molar-refractivity contribution in [3.63, 3.8) is 0 Å². The van der Waals surface area contributed by atoms with E-state index in [9.17, 15) is 4.39 Å². The molecule has 19 heavy (non-hydrogen) atoms. The van der Waals surface area contributed by atoms with Gasteiger partial charge >= 0.3 is 0 Å². The van der Waals surface area contributed by atoms with Gasteiger partial charge in [-0.1, -0.05) is 11.6 Å². The highest BCUT2D eigenvalue weighted by Gasteiger charge is 2.23. The van der Waals surface area contributed by atoms with Gasteiger partial charge in [0.2, 0.25) is 0 Å². The molecule has 0 spiro atoms. The normalized spacial score (nSPS) is 18.5. The van der Waals surface area contributed by atoms with Crippen LogP contribution in [0.2, 0.25) is 5.02 Å². The molecule has 1 aromatic carbocycles. The molecule has 5 heteroatoms. The lowest BCUT2D eigenvalue weighted by Gasteiger charge is -2.35. The number of aliphatic hydroxyl groups is 1. The minimum Gasteiger partial charge on any atom is -0.396 e. The molecule has 106 valence electrons. The second-order valence-electron chi connectivity index (χ2n) is 4.83. The number of halogens is 2. The summed E-state index contributed by atoms with van der Waals surface area (Å²) in [5, 5.41) is 13.0. The molecule has 0 saturated carbocycles. The molecule has 1 heterocycles. The summed E-state index contributed by atoms with van der Waals surface area (Å²) in [5.41, 5.74) is 0.831. The Kier molecular flexibility index (Phi) is 5.58. The van der Waals surface area contributed by atoms with E-state index in [0.29, 0.717) is 11.4 Å². The largest absolute Gasteiger partial charge is 0.396 e. The van der Waals surface area contributed by atoms with Crippen LogP contribution >= 0.6 is 11.6 Å². The van der Waals surface area contributed by atoms with Crippen LogP contribution in [-0.4, -0.2) is 42.8 Å². The number of rotatable bonds is 5. The predicted octanol–water partition coefficient (Wildman–Crippen LogP) is 2.20. The quantitative estimate of drug-likeness (QED) is 0.871. The first-order valence-corrected chi connectivity index (χ1v) is 7.10. The van der Waals surface area contributed by atoms with E-state index in [1.165, 1.54) is 12.1 Å². The number of piperazine rings is 1. The van der Waals surface area contributed by atoms with Gasteiger partial charge in [-0.2, -0.15) is 0 Å². The Morgan fingerprint density at radius 3 is 2.79 bits per heavy atom. The first-order chi connectivity index (χ1) is 9.22. The third kappa shape index (κ3) is 3.89. The van der Waals surface area contributed by atoms with Crippen LogP contribution < -0.4 is 5.32 Å². The minimum absolute atomic E-state index is 0.0810. The average molecular weight is 287 g/mol. The van der Waals surface area contributed by atoms with Crippen LogP contribution in [0.3, 0.4) is 0 Å². The summed E-state index contributed by atoms with van der Waals surface area (Å²) in [6.45, 7) is 3.85. The number of hydrogen-bond acceptors (Lipinski definition) is 3. The van der Waals surface area contributed by atoms with Gasteiger partial charge in [0.05, 0.1) is 0 Å². The third-order valence-electron chi connectivity index (χ3n) is 3.55. The topological polar surface area (TPSA) is 35.5 Å². The molecule has 1 aromatic rings. The smallest absolute Gasteiger partial charge is 0.123 e. The molecule has 1 saturated heterocycles. The Morgan fingerprint density at radius 2 is 2.11 bits per heavy atom. The maximum atomic E-state index is 13.5. The van der Waals surface area contributed by atoms with Crippen LogP contribution in [0.4, 0.5) is 4.39 Å². The van der Waals surface area contributed by atoms with Crippen LogP contribution in [0.15, 0.2) is 18.2 Å². The molecule has 0 radical (unpaired) electrons. The van der Waals surface area contributed by atoms with Gasteiger partial charge in [-0.15, -0.1) is 0 Å². The minimum atomic E-state index is -0.261. The Morgan fingerprint density at radius 1 is 1.37 bits per heavy atom. The molecule has 0 unspecified atom stereocenters. The molecule has 1 fully saturated rings. The number of benzene rings is 1. The fourth-order valence-corrected chi connectivity index (χ4v) is 2.83. The molecule has 2 rings (SSSR count). The first kappa shape index (κ1) is 14.7. The highest BCUT2D eigenvalue weighted by molar-refractivity contribution is 6.31. The fourth-order valence-electron chi connectivity index (χ4n) is 2.58. The van der Waals surface area contributed by atoms with Crippen LogP contribution in [0, 0.1) is 5.82 Å². The van der Waals surface area contributed by atoms with Crippen LogP contribution in [0.1, 0.15) is 24.4 Å². The Balaban J connectivity index is 2.22. The third-order valence-corrected chi connectivity index (χ3v) is 3.89. The summed E-state index contributed by atoms with van der Waals surface area (Å²) in [6, 6.07) is 4.59. The van der Waals surface area contributed by atoms with Gasteiger partial charge in [0, 0.05) is 43.9 Å². The number of hydrogen-bond donors (Lipinski definition) is 2. The summed E-state index contributed by atoms with van der Waals surface area (Å²) in [6.07, 6.45) is 1.49. The average Bonchev–Trinajstić information content (AvgIpc) is 2.44. The van der Waals surface area contributed by atoms with E-state index in [2.05, 4.69) is 10.2 Å². The van der Waals surface area contributed by atoms with Crippen molar-refractivity contribution in [2.75, 3.05) is 32.8 Å². The Hall–Kier alpha value is -0.680. The second-order valence-corrected chi connectivity index (χ2v) is 5.24. The monoisotopic (exact) mass is 286 g/mol. The summed E-state index contributed by atoms with van der Waals surface area (Å²) in [5.74, 6) is -0.261. The zero-order valence-corrected chi connectivity index (χ0v) is 11.7. The lowest BCUT2D eigenvalue weighted by molar-refractivity contribution is 0.154. The molecular formula is C14H20ClFN2O. The van der Waals surface area contributed by atoms with Gasteiger partial charge in [-0.05, 0) is 36.6 Å². The van der Waals surface area contributed by atoms with Crippen LogP contribution in [0.25, 0.3) is 0 Å². The number of nitrogens with one attached hydrogen (secondary N) is 1. The second kappa shape index (κ2) is 7.20. The SMILES string of the molecule is OCCC[C@@H](c1cc(F)ccc1Cl)N1CCNCC1. The van der Waals surface area contributed by atoms with E-state index in [4.69, 9.17) is 16.7 Å². The number of nitrogens with zero attached hydrogens (tertiary/aromatic N) is 1. The highest BCUT2D eigenvalue weighted by Crippen LogP contribution is 2.32. The number of aliphatic hydroxyl groups excluding tert-OH is 1. The molecular weight excluding hydrogens is 267 g/mol. The maximum absolute atomic E-state index is 13.5. The molecule has 0 bridgehead atoms. The predicted molar refractivity (Wildman–Crippen MR) is 74.9 cm³/mol. The molecule has 1 aliphatic rings. The lowest BCUT2D eigenvalue weighted by Crippen LogP contribution is -2.45. The molecule has 0 aromatic heterocycles. The van der Waals surface area contributed by atoms with Crippen molar-refractivity contribution >= 4 is 11.6 Å². The lowest BCUT2D eigenvalue weighted by atomic mass is 9.99. The van der Waals surface area contributed by atoms with Crippen LogP contribution in [0.5, 0.6) is 0 Å². The molecule has 1 atom stereocenters. The van der Waals surface area contributed by atoms with Crippen molar-refractivity contribution < 1.29 is 9.50 Å². The van der Waals surface area contributed by atoms with Gasteiger partial charge in [-0.25, -0.2) is 4.39 Å². The summed E-state index contributed by atoms with van der Waals surface area (Å²) in [4.78, 5) is 2.31. The summed E-state index contributed by atoms with van der Waals surface area (Å²) in [7, 11) is 0. The van der Waals surface area contributed by atoms with Crippen molar-refractivity contribution in [3.05, 3.63) is 34.6 Å². The van der Waals surface area contributed by atoms with Gasteiger partial charge in [0.25, 0.3) is 0 Å². The van der Waals surface area contributed by atoms with E-state index in [0.717, 1.165) is 38.2 Å². The van der Waals surface area contributed by atoms with Crippen molar-refractivity contribution in [2.24, 2.45) is 0 Å². The van der Waals surface area contributed by atoms with Crippen molar-refractivity contribution in [3.8, 4) is 0 Å². The van der Waals surface area contributed by atoms with Gasteiger partial charge < -0.3 is 10.4 Å². The maximum Gasteiger partial charge on any atom is 0.123 e. The Labute approximate surface area is 118 Å². The Bertz CT molecular complexity index is 410. The molecule has 0 aliphatic carbocycles. The fraction of sp³-hybridized carbons (Fsp3) is 0.571. The highest BCUT2D eigenvalue weighted by atomic mass is 35.5. The van der Waals surface area contributed by atoms with E-state index in [1.54, 1.807) is 6.07 Å². The van der Waals surface area contributed by atoms with E-state index in [1.807, 2.05) is 0 Å².